The normalized spacial score (nSPS) is 23.9. The van der Waals surface area contributed by atoms with Crippen LogP contribution in [0.5, 0.6) is 0 Å². The van der Waals surface area contributed by atoms with E-state index in [1.807, 2.05) is 0 Å². The Labute approximate surface area is 103 Å². The number of nitrogens with one attached hydrogen (secondary N) is 1. The van der Waals surface area contributed by atoms with Crippen LogP contribution in [0, 0.1) is 11.8 Å². The van der Waals surface area contributed by atoms with E-state index in [9.17, 15) is 4.79 Å². The van der Waals surface area contributed by atoms with E-state index < -0.39 is 0 Å². The van der Waals surface area contributed by atoms with Crippen molar-refractivity contribution in [2.75, 3.05) is 13.1 Å². The minimum Gasteiger partial charge on any atom is -0.316 e. The Morgan fingerprint density at radius 2 is 1.88 bits per heavy atom. The third kappa shape index (κ3) is 2.95. The van der Waals surface area contributed by atoms with Crippen LogP contribution in [-0.2, 0) is 17.6 Å². The van der Waals surface area contributed by atoms with Crippen molar-refractivity contribution in [3.63, 3.8) is 0 Å². The Balaban J connectivity index is 1.97. The molecular formula is C15H21NO. The molecule has 0 spiro atoms. The molecule has 2 nitrogen and oxygen atoms in total. The third-order valence-corrected chi connectivity index (χ3v) is 3.74. The van der Waals surface area contributed by atoms with Gasteiger partial charge in [-0.3, -0.25) is 4.79 Å². The van der Waals surface area contributed by atoms with Gasteiger partial charge in [-0.1, -0.05) is 38.1 Å². The number of hydrogen-bond donors (Lipinski definition) is 1. The number of aryl methyl sites for hydroxylation is 1. The molecule has 1 fully saturated rings. The smallest absolute Gasteiger partial charge is 0.141 e. The summed E-state index contributed by atoms with van der Waals surface area (Å²) in [5.41, 5.74) is 2.48. The molecular weight excluding hydrogens is 210 g/mol. The lowest BCUT2D eigenvalue weighted by molar-refractivity contribution is -0.122. The zero-order chi connectivity index (χ0) is 12.3. The van der Waals surface area contributed by atoms with E-state index in [0.717, 1.165) is 25.1 Å². The predicted molar refractivity (Wildman–Crippen MR) is 70.1 cm³/mol. The van der Waals surface area contributed by atoms with Gasteiger partial charge in [0.2, 0.25) is 0 Å². The van der Waals surface area contributed by atoms with Gasteiger partial charge in [-0.15, -0.1) is 0 Å². The molecule has 1 aromatic carbocycles. The average molecular weight is 231 g/mol. The summed E-state index contributed by atoms with van der Waals surface area (Å²) in [5.74, 6) is 1.07. The fraction of sp³-hybridized carbons (Fsp3) is 0.533. The van der Waals surface area contributed by atoms with Crippen LogP contribution >= 0.6 is 0 Å². The number of benzene rings is 1. The Kier molecular flexibility index (Phi) is 3.95. The molecule has 0 amide bonds. The first-order valence-electron chi connectivity index (χ1n) is 6.52. The van der Waals surface area contributed by atoms with Crippen molar-refractivity contribution in [1.82, 2.24) is 5.32 Å². The van der Waals surface area contributed by atoms with Crippen molar-refractivity contribution in [3.8, 4) is 0 Å². The van der Waals surface area contributed by atoms with Crippen molar-refractivity contribution in [3.05, 3.63) is 35.4 Å². The first-order chi connectivity index (χ1) is 8.20. The quantitative estimate of drug-likeness (QED) is 0.861. The second-order valence-electron chi connectivity index (χ2n) is 5.06. The number of carbonyl (C=O) groups excluding carboxylic acids is 1. The van der Waals surface area contributed by atoms with Gasteiger partial charge in [0.15, 0.2) is 0 Å². The zero-order valence-corrected chi connectivity index (χ0v) is 10.7. The third-order valence-electron chi connectivity index (χ3n) is 3.74. The molecule has 1 N–H and O–H groups in total. The molecule has 1 saturated heterocycles. The molecule has 0 bridgehead atoms. The molecule has 0 aliphatic carbocycles. The molecule has 1 aliphatic heterocycles. The van der Waals surface area contributed by atoms with Crippen LogP contribution in [-0.4, -0.2) is 18.9 Å². The highest BCUT2D eigenvalue weighted by Gasteiger charge is 2.28. The molecule has 2 rings (SSSR count). The first-order valence-corrected chi connectivity index (χ1v) is 6.52. The monoisotopic (exact) mass is 231 g/mol. The summed E-state index contributed by atoms with van der Waals surface area (Å²) in [6, 6.07) is 8.42. The predicted octanol–water partition coefficient (Wildman–Crippen LogP) is 2.22. The van der Waals surface area contributed by atoms with Gasteiger partial charge < -0.3 is 5.32 Å². The molecule has 2 unspecified atom stereocenters. The summed E-state index contributed by atoms with van der Waals surface area (Å²) in [4.78, 5) is 12.1. The van der Waals surface area contributed by atoms with Crippen molar-refractivity contribution >= 4 is 5.78 Å². The van der Waals surface area contributed by atoms with Crippen LogP contribution in [0.4, 0.5) is 0 Å². The lowest BCUT2D eigenvalue weighted by Crippen LogP contribution is -2.23. The first kappa shape index (κ1) is 12.3. The highest BCUT2D eigenvalue weighted by molar-refractivity contribution is 5.84. The number of ketones is 1. The van der Waals surface area contributed by atoms with Crippen LogP contribution in [0.15, 0.2) is 24.3 Å². The van der Waals surface area contributed by atoms with Crippen LogP contribution in [0.1, 0.15) is 25.0 Å². The number of Topliss-reactive ketones (excluding diaryl/α,β-unsaturated/α-hetero) is 1. The number of carbonyl (C=O) groups is 1. The molecule has 92 valence electrons. The van der Waals surface area contributed by atoms with Gasteiger partial charge in [-0.2, -0.15) is 0 Å². The number of hydrogen-bond acceptors (Lipinski definition) is 2. The van der Waals surface area contributed by atoms with Crippen LogP contribution < -0.4 is 5.32 Å². The SMILES string of the molecule is CCc1ccc(CC(=O)C2CNCC2C)cc1. The van der Waals surface area contributed by atoms with Crippen LogP contribution in [0.2, 0.25) is 0 Å². The molecule has 17 heavy (non-hydrogen) atoms. The van der Waals surface area contributed by atoms with Crippen LogP contribution in [0.25, 0.3) is 0 Å². The van der Waals surface area contributed by atoms with Gasteiger partial charge in [0.25, 0.3) is 0 Å². The summed E-state index contributed by atoms with van der Waals surface area (Å²) < 4.78 is 0. The van der Waals surface area contributed by atoms with E-state index in [1.165, 1.54) is 5.56 Å². The van der Waals surface area contributed by atoms with Gasteiger partial charge in [0, 0.05) is 18.9 Å². The topological polar surface area (TPSA) is 29.1 Å². The highest BCUT2D eigenvalue weighted by Crippen LogP contribution is 2.19. The maximum absolute atomic E-state index is 12.1. The van der Waals surface area contributed by atoms with E-state index in [4.69, 9.17) is 0 Å². The molecule has 0 aromatic heterocycles. The molecule has 0 radical (unpaired) electrons. The van der Waals surface area contributed by atoms with Crippen molar-refractivity contribution in [2.45, 2.75) is 26.7 Å². The molecule has 0 saturated carbocycles. The van der Waals surface area contributed by atoms with Crippen LogP contribution in [0.3, 0.4) is 0 Å². The molecule has 2 atom stereocenters. The summed E-state index contributed by atoms with van der Waals surface area (Å²) in [6.45, 7) is 6.13. The molecule has 1 aromatic rings. The second kappa shape index (κ2) is 5.46. The zero-order valence-electron chi connectivity index (χ0n) is 10.7. The Bertz CT molecular complexity index is 382. The minimum absolute atomic E-state index is 0.209. The van der Waals surface area contributed by atoms with Gasteiger partial charge in [-0.05, 0) is 30.0 Å². The fourth-order valence-corrected chi connectivity index (χ4v) is 2.47. The summed E-state index contributed by atoms with van der Waals surface area (Å²) >= 11 is 0. The van der Waals surface area contributed by atoms with Crippen molar-refractivity contribution in [1.29, 1.82) is 0 Å². The number of rotatable bonds is 4. The summed E-state index contributed by atoms with van der Waals surface area (Å²) in [6.07, 6.45) is 1.64. The molecule has 1 aliphatic rings. The molecule has 1 heterocycles. The standard InChI is InChI=1S/C15H21NO/c1-3-12-4-6-13(7-5-12)8-15(17)14-10-16-9-11(14)2/h4-7,11,14,16H,3,8-10H2,1-2H3. The van der Waals surface area contributed by atoms with Gasteiger partial charge in [0.1, 0.15) is 5.78 Å². The second-order valence-corrected chi connectivity index (χ2v) is 5.06. The highest BCUT2D eigenvalue weighted by atomic mass is 16.1. The van der Waals surface area contributed by atoms with E-state index in [1.54, 1.807) is 0 Å². The lowest BCUT2D eigenvalue weighted by atomic mass is 9.90. The van der Waals surface area contributed by atoms with Crippen molar-refractivity contribution in [2.24, 2.45) is 11.8 Å². The Morgan fingerprint density at radius 3 is 2.41 bits per heavy atom. The summed E-state index contributed by atoms with van der Waals surface area (Å²) in [5, 5.41) is 3.29. The largest absolute Gasteiger partial charge is 0.316 e. The Hall–Kier alpha value is -1.15. The van der Waals surface area contributed by atoms with E-state index >= 15 is 0 Å². The average Bonchev–Trinajstić information content (AvgIpc) is 2.76. The fourth-order valence-electron chi connectivity index (χ4n) is 2.47. The van der Waals surface area contributed by atoms with E-state index in [-0.39, 0.29) is 5.92 Å². The van der Waals surface area contributed by atoms with Gasteiger partial charge >= 0.3 is 0 Å². The van der Waals surface area contributed by atoms with E-state index in [0.29, 0.717) is 18.1 Å². The van der Waals surface area contributed by atoms with Gasteiger partial charge in [0.05, 0.1) is 0 Å². The maximum atomic E-state index is 12.1. The van der Waals surface area contributed by atoms with Gasteiger partial charge in [-0.25, -0.2) is 0 Å². The van der Waals surface area contributed by atoms with E-state index in [2.05, 4.69) is 43.4 Å². The summed E-state index contributed by atoms with van der Waals surface area (Å²) in [7, 11) is 0. The maximum Gasteiger partial charge on any atom is 0.141 e. The lowest BCUT2D eigenvalue weighted by Gasteiger charge is -2.12. The Morgan fingerprint density at radius 1 is 1.24 bits per heavy atom. The van der Waals surface area contributed by atoms with Crippen molar-refractivity contribution < 1.29 is 4.79 Å². The molecule has 2 heteroatoms. The minimum atomic E-state index is 0.209.